The van der Waals surface area contributed by atoms with Crippen LogP contribution in [0.3, 0.4) is 0 Å². The van der Waals surface area contributed by atoms with Gasteiger partial charge in [0, 0.05) is 0 Å². The summed E-state index contributed by atoms with van der Waals surface area (Å²) in [5, 5.41) is -0.116. The lowest BCUT2D eigenvalue weighted by Gasteiger charge is -2.06. The molecular weight excluding hydrogens is 211 g/mol. The monoisotopic (exact) mass is 218 g/mol. The summed E-state index contributed by atoms with van der Waals surface area (Å²) in [6, 6.07) is 0. The summed E-state index contributed by atoms with van der Waals surface area (Å²) in [5.74, 6) is -1.68. The standard InChI is InChI=1S/C8H8ClFN2O2/c1-2-14-8(13)5-4(10)3-12-7(9)6(5)11/h3H,2,11H2,1H3. The zero-order chi connectivity index (χ0) is 10.7. The van der Waals surface area contributed by atoms with Gasteiger partial charge >= 0.3 is 5.97 Å². The minimum absolute atomic E-state index is 0.116. The van der Waals surface area contributed by atoms with Crippen molar-refractivity contribution in [1.29, 1.82) is 0 Å². The quantitative estimate of drug-likeness (QED) is 0.605. The number of anilines is 1. The van der Waals surface area contributed by atoms with Crippen LogP contribution in [0.15, 0.2) is 6.20 Å². The van der Waals surface area contributed by atoms with Crippen LogP contribution in [0.4, 0.5) is 10.1 Å². The first-order valence-electron chi connectivity index (χ1n) is 3.84. The first-order valence-corrected chi connectivity index (χ1v) is 4.22. The highest BCUT2D eigenvalue weighted by atomic mass is 35.5. The fourth-order valence-electron chi connectivity index (χ4n) is 0.890. The van der Waals surface area contributed by atoms with Crippen LogP contribution in [-0.2, 0) is 4.74 Å². The largest absolute Gasteiger partial charge is 0.462 e. The van der Waals surface area contributed by atoms with Crippen molar-refractivity contribution in [3.8, 4) is 0 Å². The van der Waals surface area contributed by atoms with Gasteiger partial charge in [-0.2, -0.15) is 0 Å². The van der Waals surface area contributed by atoms with Crippen LogP contribution in [0.1, 0.15) is 17.3 Å². The Bertz CT molecular complexity index is 371. The molecule has 0 radical (unpaired) electrons. The van der Waals surface area contributed by atoms with Crippen LogP contribution in [0.2, 0.25) is 5.15 Å². The van der Waals surface area contributed by atoms with Crippen molar-refractivity contribution in [2.24, 2.45) is 0 Å². The number of hydrogen-bond donors (Lipinski definition) is 1. The van der Waals surface area contributed by atoms with E-state index in [-0.39, 0.29) is 23.0 Å². The van der Waals surface area contributed by atoms with Crippen molar-refractivity contribution in [3.63, 3.8) is 0 Å². The van der Waals surface area contributed by atoms with Gasteiger partial charge in [0.25, 0.3) is 0 Å². The number of aromatic nitrogens is 1. The number of carbonyl (C=O) groups is 1. The zero-order valence-corrected chi connectivity index (χ0v) is 8.14. The van der Waals surface area contributed by atoms with Gasteiger partial charge in [-0.1, -0.05) is 11.6 Å². The maximum absolute atomic E-state index is 13.1. The number of nitrogen functional groups attached to an aromatic ring is 1. The average molecular weight is 219 g/mol. The summed E-state index contributed by atoms with van der Waals surface area (Å²) in [4.78, 5) is 14.6. The van der Waals surface area contributed by atoms with E-state index in [1.165, 1.54) is 0 Å². The lowest BCUT2D eigenvalue weighted by Crippen LogP contribution is -2.11. The van der Waals surface area contributed by atoms with E-state index in [1.54, 1.807) is 6.92 Å². The molecule has 1 heterocycles. The molecular formula is C8H8ClFN2O2. The number of carbonyl (C=O) groups excluding carboxylic acids is 1. The smallest absolute Gasteiger partial charge is 0.343 e. The van der Waals surface area contributed by atoms with E-state index in [0.29, 0.717) is 0 Å². The summed E-state index contributed by atoms with van der Waals surface area (Å²) in [6.45, 7) is 1.74. The van der Waals surface area contributed by atoms with E-state index >= 15 is 0 Å². The number of ether oxygens (including phenoxy) is 1. The van der Waals surface area contributed by atoms with Crippen molar-refractivity contribution in [1.82, 2.24) is 4.98 Å². The Morgan fingerprint density at radius 2 is 2.43 bits per heavy atom. The number of nitrogens with two attached hydrogens (primary N) is 1. The molecule has 0 bridgehead atoms. The Labute approximate surface area is 84.8 Å². The van der Waals surface area contributed by atoms with Crippen molar-refractivity contribution in [2.75, 3.05) is 12.3 Å². The highest BCUT2D eigenvalue weighted by Crippen LogP contribution is 2.23. The van der Waals surface area contributed by atoms with E-state index in [2.05, 4.69) is 9.72 Å². The van der Waals surface area contributed by atoms with Crippen molar-refractivity contribution < 1.29 is 13.9 Å². The number of rotatable bonds is 2. The molecule has 6 heteroatoms. The molecule has 14 heavy (non-hydrogen) atoms. The number of nitrogens with zero attached hydrogens (tertiary/aromatic N) is 1. The Balaban J connectivity index is 3.18. The molecule has 0 amide bonds. The normalized spacial score (nSPS) is 9.93. The Hall–Kier alpha value is -1.36. The van der Waals surface area contributed by atoms with Gasteiger partial charge in [-0.05, 0) is 6.92 Å². The Kier molecular flexibility index (Phi) is 3.24. The SMILES string of the molecule is CCOC(=O)c1c(F)cnc(Cl)c1N. The second-order valence-electron chi connectivity index (χ2n) is 2.41. The minimum Gasteiger partial charge on any atom is -0.462 e. The van der Waals surface area contributed by atoms with E-state index in [1.807, 2.05) is 0 Å². The molecule has 0 aliphatic carbocycles. The van der Waals surface area contributed by atoms with Gasteiger partial charge in [0.05, 0.1) is 18.5 Å². The summed E-state index contributed by atoms with van der Waals surface area (Å²) in [5.41, 5.74) is 4.81. The summed E-state index contributed by atoms with van der Waals surface area (Å²) in [7, 11) is 0. The molecule has 1 rings (SSSR count). The number of halogens is 2. The molecule has 2 N–H and O–H groups in total. The first kappa shape index (κ1) is 10.7. The van der Waals surface area contributed by atoms with Crippen LogP contribution in [0, 0.1) is 5.82 Å². The summed E-state index contributed by atoms with van der Waals surface area (Å²) in [6.07, 6.45) is 0.824. The summed E-state index contributed by atoms with van der Waals surface area (Å²) < 4.78 is 17.7. The minimum atomic E-state index is -0.842. The van der Waals surface area contributed by atoms with Gasteiger partial charge < -0.3 is 10.5 Å². The average Bonchev–Trinajstić information content (AvgIpc) is 2.13. The fraction of sp³-hybridized carbons (Fsp3) is 0.250. The predicted molar refractivity (Wildman–Crippen MR) is 49.6 cm³/mol. The van der Waals surface area contributed by atoms with Crippen molar-refractivity contribution >= 4 is 23.3 Å². The second-order valence-corrected chi connectivity index (χ2v) is 2.76. The van der Waals surface area contributed by atoms with Crippen LogP contribution >= 0.6 is 11.6 Å². The van der Waals surface area contributed by atoms with Crippen LogP contribution in [0.25, 0.3) is 0 Å². The first-order chi connectivity index (χ1) is 6.57. The molecule has 76 valence electrons. The maximum Gasteiger partial charge on any atom is 0.343 e. The molecule has 0 spiro atoms. The molecule has 0 atom stereocenters. The van der Waals surface area contributed by atoms with Gasteiger partial charge in [-0.3, -0.25) is 0 Å². The van der Waals surface area contributed by atoms with Crippen molar-refractivity contribution in [3.05, 3.63) is 22.7 Å². The fourth-order valence-corrected chi connectivity index (χ4v) is 1.03. The van der Waals surface area contributed by atoms with E-state index < -0.39 is 11.8 Å². The third-order valence-electron chi connectivity index (χ3n) is 1.50. The maximum atomic E-state index is 13.1. The molecule has 0 aromatic carbocycles. The highest BCUT2D eigenvalue weighted by molar-refractivity contribution is 6.32. The number of esters is 1. The Morgan fingerprint density at radius 1 is 1.79 bits per heavy atom. The van der Waals surface area contributed by atoms with Gasteiger partial charge in [-0.25, -0.2) is 14.2 Å². The molecule has 0 fully saturated rings. The third kappa shape index (κ3) is 1.93. The number of hydrogen-bond acceptors (Lipinski definition) is 4. The lowest BCUT2D eigenvalue weighted by atomic mass is 10.2. The molecule has 0 aliphatic rings. The van der Waals surface area contributed by atoms with Gasteiger partial charge in [-0.15, -0.1) is 0 Å². The lowest BCUT2D eigenvalue weighted by molar-refractivity contribution is 0.0522. The predicted octanol–water partition coefficient (Wildman–Crippen LogP) is 1.63. The van der Waals surface area contributed by atoms with E-state index in [4.69, 9.17) is 17.3 Å². The molecule has 4 nitrogen and oxygen atoms in total. The topological polar surface area (TPSA) is 65.2 Å². The zero-order valence-electron chi connectivity index (χ0n) is 7.38. The van der Waals surface area contributed by atoms with Crippen LogP contribution in [-0.4, -0.2) is 17.6 Å². The Morgan fingerprint density at radius 3 is 3.00 bits per heavy atom. The third-order valence-corrected chi connectivity index (χ3v) is 1.80. The van der Waals surface area contributed by atoms with E-state index in [9.17, 15) is 9.18 Å². The van der Waals surface area contributed by atoms with E-state index in [0.717, 1.165) is 6.20 Å². The van der Waals surface area contributed by atoms with Crippen molar-refractivity contribution in [2.45, 2.75) is 6.92 Å². The van der Waals surface area contributed by atoms with Gasteiger partial charge in [0.15, 0.2) is 11.0 Å². The highest BCUT2D eigenvalue weighted by Gasteiger charge is 2.19. The molecule has 0 saturated carbocycles. The second kappa shape index (κ2) is 4.23. The van der Waals surface area contributed by atoms with Gasteiger partial charge in [0.2, 0.25) is 0 Å². The summed E-state index contributed by atoms with van der Waals surface area (Å²) >= 11 is 5.52. The molecule has 0 aliphatic heterocycles. The number of pyridine rings is 1. The molecule has 1 aromatic rings. The molecule has 1 aromatic heterocycles. The van der Waals surface area contributed by atoms with Crippen LogP contribution < -0.4 is 5.73 Å². The molecule has 0 saturated heterocycles. The van der Waals surface area contributed by atoms with Crippen LogP contribution in [0.5, 0.6) is 0 Å². The van der Waals surface area contributed by atoms with Gasteiger partial charge in [0.1, 0.15) is 5.56 Å². The molecule has 0 unspecified atom stereocenters.